The first-order valence-corrected chi connectivity index (χ1v) is 21.7. The Morgan fingerprint density at radius 3 is 1.85 bits per heavy atom. The van der Waals surface area contributed by atoms with Gasteiger partial charge in [-0.05, 0) is 105 Å². The summed E-state index contributed by atoms with van der Waals surface area (Å²) in [5.74, 6) is 1.95. The highest BCUT2D eigenvalue weighted by molar-refractivity contribution is 5.82. The molecule has 14 heteroatoms. The standard InChI is InChI=1S/C47H48N12O2/c48-25-34-7-10-38(27-50-34)56-20-14-36(15-21-56)58-18-3-4-31(29-58)44-53-43-24-33(9-12-41(43)47(61)54-44)49-26-35-8-11-39(28-51-35)57-22-16-37(17-23-57)59-19-13-32(30-59)45-52-42-6-2-1-5-40(42)46(60)55-45/h1-2,5-12,24,27-28,31-32,36-37H,3-4,13-23,29-30H2,(H-,52,53,54,55,60,61)/p+1. The van der Waals surface area contributed by atoms with E-state index in [1.54, 1.807) is 18.3 Å². The second-order valence-electron chi connectivity index (χ2n) is 17.0. The summed E-state index contributed by atoms with van der Waals surface area (Å²) in [6.45, 7) is 7.67. The molecule has 10 rings (SSSR count). The molecule has 14 nitrogen and oxygen atoms in total. The number of hydrogen-bond acceptors (Lipinski definition) is 11. The summed E-state index contributed by atoms with van der Waals surface area (Å²) in [5.41, 5.74) is 5.14. The van der Waals surface area contributed by atoms with E-state index in [-0.39, 0.29) is 23.0 Å². The highest BCUT2D eigenvalue weighted by Crippen LogP contribution is 2.32. The molecule has 2 atom stereocenters. The maximum atomic E-state index is 13.3. The van der Waals surface area contributed by atoms with Gasteiger partial charge in [0.2, 0.25) is 0 Å². The summed E-state index contributed by atoms with van der Waals surface area (Å²) in [6.07, 6.45) is 11.0. The van der Waals surface area contributed by atoms with Crippen LogP contribution in [0.15, 0.2) is 88.7 Å². The predicted molar refractivity (Wildman–Crippen MR) is 237 cm³/mol. The third kappa shape index (κ3) is 8.21. The Labute approximate surface area is 353 Å². The van der Waals surface area contributed by atoms with Crippen LogP contribution in [-0.4, -0.2) is 104 Å². The normalized spacial score (nSPS) is 20.8. The molecular formula is C47H49N12O2+. The number of aromatic nitrogens is 6. The molecule has 0 spiro atoms. The Morgan fingerprint density at radius 2 is 1.21 bits per heavy atom. The number of para-hydroxylation sites is 1. The highest BCUT2D eigenvalue weighted by Gasteiger charge is 2.34. The average molecular weight is 814 g/mol. The zero-order chi connectivity index (χ0) is 41.3. The van der Waals surface area contributed by atoms with Crippen molar-refractivity contribution in [3.05, 3.63) is 128 Å². The summed E-state index contributed by atoms with van der Waals surface area (Å²) in [4.78, 5) is 65.4. The summed E-state index contributed by atoms with van der Waals surface area (Å²) < 4.78 is 0. The van der Waals surface area contributed by atoms with Crippen molar-refractivity contribution in [2.75, 3.05) is 62.2 Å². The number of pyridine rings is 2. The van der Waals surface area contributed by atoms with Crippen LogP contribution in [0.5, 0.6) is 0 Å². The molecule has 4 fully saturated rings. The SMILES string of the molecule is N#Cc1ccc(N2CCC(N3CCCC(c4nc5cc([N+]#Cc6ccc(N7CCC(N8CCC(c9nc%10ccccc%10c(=O)[nH]9)C8)CC7)cn6)ccc5c(=O)[nH]4)C3)CC2)cn1. The van der Waals surface area contributed by atoms with E-state index in [1.165, 1.54) is 0 Å². The maximum Gasteiger partial charge on any atom is 0.342 e. The number of rotatable bonds is 6. The number of nitrogens with zero attached hydrogens (tertiary/aromatic N) is 10. The van der Waals surface area contributed by atoms with E-state index < -0.39 is 0 Å². The van der Waals surface area contributed by atoms with E-state index in [0.717, 1.165) is 126 Å². The number of nitrogens with one attached hydrogen (secondary N) is 2. The lowest BCUT2D eigenvalue weighted by Gasteiger charge is -2.42. The fourth-order valence-electron chi connectivity index (χ4n) is 9.99. The van der Waals surface area contributed by atoms with Crippen molar-refractivity contribution in [1.82, 2.24) is 39.7 Å². The van der Waals surface area contributed by atoms with Gasteiger partial charge in [-0.1, -0.05) is 12.1 Å². The second-order valence-corrected chi connectivity index (χ2v) is 17.0. The first-order chi connectivity index (χ1) is 29.9. The largest absolute Gasteiger partial charge is 0.370 e. The van der Waals surface area contributed by atoms with E-state index in [4.69, 9.17) is 15.2 Å². The Balaban J connectivity index is 0.738. The zero-order valence-electron chi connectivity index (χ0n) is 34.2. The minimum atomic E-state index is -0.122. The van der Waals surface area contributed by atoms with Crippen LogP contribution in [0.4, 0.5) is 17.1 Å². The minimum Gasteiger partial charge on any atom is -0.370 e. The Bertz CT molecular complexity index is 2770. The van der Waals surface area contributed by atoms with Crippen LogP contribution in [0.3, 0.4) is 0 Å². The first-order valence-electron chi connectivity index (χ1n) is 21.7. The van der Waals surface area contributed by atoms with Crippen LogP contribution in [0.2, 0.25) is 0 Å². The lowest BCUT2D eigenvalue weighted by Crippen LogP contribution is -2.48. The van der Waals surface area contributed by atoms with Gasteiger partial charge in [-0.3, -0.25) is 19.4 Å². The molecule has 4 aliphatic heterocycles. The molecule has 2 aromatic carbocycles. The van der Waals surface area contributed by atoms with Gasteiger partial charge in [0.05, 0.1) is 51.6 Å². The Hall–Kier alpha value is -6.48. The van der Waals surface area contributed by atoms with Gasteiger partial charge in [-0.15, -0.1) is 0 Å². The van der Waals surface area contributed by atoms with Crippen molar-refractivity contribution in [3.8, 4) is 12.1 Å². The number of likely N-dealkylation sites (tertiary alicyclic amines) is 2. The molecule has 61 heavy (non-hydrogen) atoms. The van der Waals surface area contributed by atoms with Gasteiger partial charge in [0, 0.05) is 69.3 Å². The highest BCUT2D eigenvalue weighted by atomic mass is 16.1. The summed E-state index contributed by atoms with van der Waals surface area (Å²) >= 11 is 0. The van der Waals surface area contributed by atoms with Crippen molar-refractivity contribution >= 4 is 38.9 Å². The number of nitriles is 1. The topological polar surface area (TPSA) is 158 Å². The number of aromatic amines is 2. The summed E-state index contributed by atoms with van der Waals surface area (Å²) in [7, 11) is 0. The molecule has 4 aromatic heterocycles. The van der Waals surface area contributed by atoms with E-state index in [1.807, 2.05) is 54.7 Å². The van der Waals surface area contributed by atoms with Gasteiger partial charge >= 0.3 is 11.8 Å². The molecule has 0 bridgehead atoms. The maximum absolute atomic E-state index is 13.3. The second kappa shape index (κ2) is 16.9. The van der Waals surface area contributed by atoms with Gasteiger partial charge in [0.25, 0.3) is 11.1 Å². The van der Waals surface area contributed by atoms with Crippen molar-refractivity contribution < 1.29 is 0 Å². The van der Waals surface area contributed by atoms with Gasteiger partial charge in [-0.2, -0.15) is 5.26 Å². The predicted octanol–water partition coefficient (Wildman–Crippen LogP) is 6.14. The number of piperidine rings is 3. The number of fused-ring (bicyclic) bond motifs is 2. The lowest BCUT2D eigenvalue weighted by atomic mass is 9.93. The zero-order valence-corrected chi connectivity index (χ0v) is 34.2. The molecule has 4 aliphatic rings. The quantitative estimate of drug-likeness (QED) is 0.199. The Kier molecular flexibility index (Phi) is 10.7. The van der Waals surface area contributed by atoms with Crippen molar-refractivity contribution in [2.24, 2.45) is 0 Å². The monoisotopic (exact) mass is 813 g/mol. The molecule has 0 saturated carbocycles. The summed E-state index contributed by atoms with van der Waals surface area (Å²) in [6, 6.07) is 27.1. The molecule has 0 amide bonds. The van der Waals surface area contributed by atoms with Crippen LogP contribution >= 0.6 is 0 Å². The molecule has 308 valence electrons. The molecule has 2 unspecified atom stereocenters. The molecular weight excluding hydrogens is 765 g/mol. The van der Waals surface area contributed by atoms with Crippen molar-refractivity contribution in [3.63, 3.8) is 0 Å². The molecule has 4 saturated heterocycles. The molecule has 6 aromatic rings. The smallest absolute Gasteiger partial charge is 0.342 e. The third-order valence-corrected chi connectivity index (χ3v) is 13.4. The number of H-pyrrole nitrogens is 2. The number of hydrogen-bond donors (Lipinski definition) is 2. The van der Waals surface area contributed by atoms with Crippen LogP contribution in [0, 0.1) is 17.4 Å². The van der Waals surface area contributed by atoms with Crippen LogP contribution in [0.1, 0.15) is 79.8 Å². The fraction of sp³-hybridized carbons (Fsp3) is 0.404. The van der Waals surface area contributed by atoms with Gasteiger partial charge in [0.15, 0.2) is 5.69 Å². The molecule has 0 aliphatic carbocycles. The van der Waals surface area contributed by atoms with Crippen LogP contribution < -0.4 is 20.9 Å². The minimum absolute atomic E-state index is 0.0551. The van der Waals surface area contributed by atoms with E-state index in [2.05, 4.69) is 62.6 Å². The van der Waals surface area contributed by atoms with E-state index in [0.29, 0.717) is 45.4 Å². The fourth-order valence-corrected chi connectivity index (χ4v) is 9.99. The van der Waals surface area contributed by atoms with Crippen molar-refractivity contribution in [1.29, 1.82) is 5.26 Å². The van der Waals surface area contributed by atoms with Crippen LogP contribution in [0.25, 0.3) is 26.7 Å². The average Bonchev–Trinajstić information content (AvgIpc) is 3.82. The Morgan fingerprint density at radius 1 is 0.623 bits per heavy atom. The van der Waals surface area contributed by atoms with E-state index in [9.17, 15) is 9.59 Å². The van der Waals surface area contributed by atoms with Crippen LogP contribution in [-0.2, 0) is 0 Å². The number of benzene rings is 2. The summed E-state index contributed by atoms with van der Waals surface area (Å²) in [5, 5.41) is 10.3. The van der Waals surface area contributed by atoms with Gasteiger partial charge in [0.1, 0.15) is 23.4 Å². The first kappa shape index (κ1) is 38.7. The van der Waals surface area contributed by atoms with Gasteiger partial charge < -0.3 is 19.8 Å². The molecule has 2 N–H and O–H groups in total. The number of anilines is 2. The lowest BCUT2D eigenvalue weighted by molar-refractivity contribution is 0.126. The van der Waals surface area contributed by atoms with Gasteiger partial charge in [-0.25, -0.2) is 19.9 Å². The molecule has 0 radical (unpaired) electrons. The molecule has 8 heterocycles. The van der Waals surface area contributed by atoms with E-state index >= 15 is 0 Å². The third-order valence-electron chi connectivity index (χ3n) is 13.4. The van der Waals surface area contributed by atoms with Crippen molar-refractivity contribution in [2.45, 2.75) is 68.9 Å².